The molecule has 6 atom stereocenters. The monoisotopic (exact) mass is 418 g/mol. The Labute approximate surface area is 181 Å². The molecule has 2 saturated carbocycles. The Morgan fingerprint density at radius 3 is 2.23 bits per heavy atom. The third kappa shape index (κ3) is 2.12. The number of rotatable bonds is 3. The van der Waals surface area contributed by atoms with Gasteiger partial charge in [-0.2, -0.15) is 0 Å². The van der Waals surface area contributed by atoms with Gasteiger partial charge in [0.15, 0.2) is 17.2 Å². The summed E-state index contributed by atoms with van der Waals surface area (Å²) in [6.07, 6.45) is 1.15. The molecule has 0 bridgehead atoms. The molecule has 1 N–H and O–H groups in total. The molecule has 2 heterocycles. The van der Waals surface area contributed by atoms with E-state index in [2.05, 4.69) is 0 Å². The van der Waals surface area contributed by atoms with Gasteiger partial charge in [0, 0.05) is 13.2 Å². The summed E-state index contributed by atoms with van der Waals surface area (Å²) in [4.78, 5) is 28.1. The van der Waals surface area contributed by atoms with Gasteiger partial charge in [-0.25, -0.2) is 0 Å². The number of Topliss-reactive ketones (excluding diaryl/α,β-unsaturated/α-hetero) is 2. The summed E-state index contributed by atoms with van der Waals surface area (Å²) < 4.78 is 12.4. The number of hydrogen-bond acceptors (Lipinski definition) is 5. The number of ether oxygens (including phenoxy) is 2. The minimum absolute atomic E-state index is 0.0387. The van der Waals surface area contributed by atoms with Crippen molar-refractivity contribution in [2.24, 2.45) is 5.41 Å². The van der Waals surface area contributed by atoms with Crippen LogP contribution in [0, 0.1) is 5.41 Å². The maximum absolute atomic E-state index is 14.1. The van der Waals surface area contributed by atoms with Crippen LogP contribution in [0.1, 0.15) is 42.7 Å². The summed E-state index contributed by atoms with van der Waals surface area (Å²) in [5.74, 6) is -0.629. The van der Waals surface area contributed by atoms with Gasteiger partial charge >= 0.3 is 0 Å². The van der Waals surface area contributed by atoms with E-state index in [1.165, 1.54) is 0 Å². The van der Waals surface area contributed by atoms with Gasteiger partial charge in [0.2, 0.25) is 0 Å². The summed E-state index contributed by atoms with van der Waals surface area (Å²) in [6.45, 7) is 1.05. The van der Waals surface area contributed by atoms with Gasteiger partial charge in [-0.1, -0.05) is 60.7 Å². The van der Waals surface area contributed by atoms with Crippen LogP contribution in [0.3, 0.4) is 0 Å². The van der Waals surface area contributed by atoms with Crippen LogP contribution in [0.2, 0.25) is 0 Å². The summed E-state index contributed by atoms with van der Waals surface area (Å²) in [5.41, 5.74) is -2.07. The lowest BCUT2D eigenvalue weighted by Gasteiger charge is -2.71. The van der Waals surface area contributed by atoms with Crippen LogP contribution in [0.25, 0.3) is 0 Å². The summed E-state index contributed by atoms with van der Waals surface area (Å²) in [7, 11) is 0. The Hall–Kier alpha value is -2.34. The van der Waals surface area contributed by atoms with Crippen molar-refractivity contribution < 1.29 is 24.2 Å². The molecule has 160 valence electrons. The third-order valence-electron chi connectivity index (χ3n) is 8.18. The van der Waals surface area contributed by atoms with Crippen molar-refractivity contribution in [2.75, 3.05) is 13.2 Å². The minimum Gasteiger partial charge on any atom is -0.379 e. The fraction of sp³-hybridized carbons (Fsp3) is 0.462. The van der Waals surface area contributed by atoms with Gasteiger partial charge in [0.05, 0.1) is 17.4 Å². The lowest BCUT2D eigenvalue weighted by molar-refractivity contribution is -0.276. The number of ketones is 2. The minimum atomic E-state index is -1.52. The molecule has 6 rings (SSSR count). The van der Waals surface area contributed by atoms with Crippen molar-refractivity contribution in [3.8, 4) is 0 Å². The quantitative estimate of drug-likeness (QED) is 0.830. The van der Waals surface area contributed by atoms with Crippen LogP contribution in [0.15, 0.2) is 60.7 Å². The number of carbonyl (C=O) groups excluding carboxylic acids is 2. The lowest BCUT2D eigenvalue weighted by Crippen LogP contribution is -2.88. The van der Waals surface area contributed by atoms with Crippen LogP contribution in [0.4, 0.5) is 0 Å². The van der Waals surface area contributed by atoms with Crippen molar-refractivity contribution in [1.82, 2.24) is 0 Å². The highest BCUT2D eigenvalue weighted by Crippen LogP contribution is 2.71. The molecule has 5 heteroatoms. The molecule has 0 amide bonds. The molecular weight excluding hydrogens is 392 g/mol. The van der Waals surface area contributed by atoms with Crippen LogP contribution in [0.5, 0.6) is 0 Å². The van der Waals surface area contributed by atoms with Gasteiger partial charge in [-0.05, 0) is 36.8 Å². The maximum atomic E-state index is 14.1. The van der Waals surface area contributed by atoms with Gasteiger partial charge in [0.1, 0.15) is 11.5 Å². The second kappa shape index (κ2) is 6.58. The van der Waals surface area contributed by atoms with E-state index >= 15 is 0 Å². The van der Waals surface area contributed by atoms with E-state index in [0.717, 1.165) is 11.1 Å². The molecule has 5 nitrogen and oxygen atoms in total. The molecule has 4 fully saturated rings. The highest BCUT2D eigenvalue weighted by molar-refractivity contribution is 6.14. The van der Waals surface area contributed by atoms with Crippen molar-refractivity contribution in [3.05, 3.63) is 71.8 Å². The van der Waals surface area contributed by atoms with Crippen molar-refractivity contribution in [2.45, 2.75) is 54.8 Å². The second-order valence-corrected chi connectivity index (χ2v) is 9.40. The Morgan fingerprint density at radius 2 is 1.48 bits per heavy atom. The Kier molecular flexibility index (Phi) is 4.11. The molecule has 4 aliphatic rings. The molecular formula is C26H26O5. The zero-order valence-electron chi connectivity index (χ0n) is 17.3. The SMILES string of the molecule is O=C1C(c2ccccc2)([C@]23CCCO[C@H]2C(c2ccccc2)C3=O)[C@H]2OCCC[C@@]12O. The fourth-order valence-electron chi connectivity index (χ4n) is 7.00. The molecule has 31 heavy (non-hydrogen) atoms. The van der Waals surface area contributed by atoms with Crippen LogP contribution in [-0.2, 0) is 24.5 Å². The number of aliphatic hydroxyl groups is 1. The number of fused-ring (bicyclic) bond motifs is 2. The first-order valence-corrected chi connectivity index (χ1v) is 11.2. The number of carbonyl (C=O) groups is 2. The molecule has 2 saturated heterocycles. The van der Waals surface area contributed by atoms with Gasteiger partial charge in [-0.15, -0.1) is 0 Å². The highest BCUT2D eigenvalue weighted by Gasteiger charge is 2.86. The van der Waals surface area contributed by atoms with Crippen molar-refractivity contribution in [3.63, 3.8) is 0 Å². The summed E-state index contributed by atoms with van der Waals surface area (Å²) >= 11 is 0. The maximum Gasteiger partial charge on any atom is 0.181 e. The predicted octanol–water partition coefficient (Wildman–Crippen LogP) is 2.95. The van der Waals surface area contributed by atoms with E-state index < -0.39 is 34.6 Å². The summed E-state index contributed by atoms with van der Waals surface area (Å²) in [6, 6.07) is 19.2. The van der Waals surface area contributed by atoms with Crippen molar-refractivity contribution in [1.29, 1.82) is 0 Å². The first-order valence-electron chi connectivity index (χ1n) is 11.2. The Bertz CT molecular complexity index is 1040. The first-order chi connectivity index (χ1) is 15.1. The Morgan fingerprint density at radius 1 is 0.839 bits per heavy atom. The molecule has 0 spiro atoms. The van der Waals surface area contributed by atoms with Gasteiger partial charge in [-0.3, -0.25) is 9.59 Å². The molecule has 2 unspecified atom stereocenters. The van der Waals surface area contributed by atoms with E-state index in [1.807, 2.05) is 60.7 Å². The topological polar surface area (TPSA) is 72.8 Å². The van der Waals surface area contributed by atoms with E-state index in [1.54, 1.807) is 0 Å². The standard InChI is InChI=1S/C26H26O5/c27-20-19(17-9-3-1-4-10-17)21-24(20,13-7-15-30-21)26(18-11-5-2-6-12-18)22(28)25(29)14-8-16-31-23(25)26/h1-6,9-12,19,21,23,29H,7-8,13-16H2/t19?,21-,23-,24-,25+,26?/m0/s1. The fourth-order valence-corrected chi connectivity index (χ4v) is 7.00. The largest absolute Gasteiger partial charge is 0.379 e. The first kappa shape index (κ1) is 19.4. The van der Waals surface area contributed by atoms with Crippen LogP contribution >= 0.6 is 0 Å². The van der Waals surface area contributed by atoms with Crippen LogP contribution < -0.4 is 0 Å². The van der Waals surface area contributed by atoms with Crippen LogP contribution in [-0.4, -0.2) is 47.7 Å². The summed E-state index contributed by atoms with van der Waals surface area (Å²) in [5, 5.41) is 11.3. The molecule has 2 aliphatic heterocycles. The zero-order valence-corrected chi connectivity index (χ0v) is 17.3. The normalized spacial score (nSPS) is 41.5. The molecule has 0 aromatic heterocycles. The van der Waals surface area contributed by atoms with E-state index in [4.69, 9.17) is 9.47 Å². The average Bonchev–Trinajstić information content (AvgIpc) is 2.82. The smallest absolute Gasteiger partial charge is 0.181 e. The second-order valence-electron chi connectivity index (χ2n) is 9.40. The lowest BCUT2D eigenvalue weighted by atomic mass is 9.32. The molecule has 2 aromatic carbocycles. The molecule has 2 aliphatic carbocycles. The number of benzene rings is 2. The number of hydrogen-bond donors (Lipinski definition) is 1. The van der Waals surface area contributed by atoms with Gasteiger partial charge in [0.25, 0.3) is 0 Å². The van der Waals surface area contributed by atoms with E-state index in [0.29, 0.717) is 38.9 Å². The third-order valence-corrected chi connectivity index (χ3v) is 8.18. The van der Waals surface area contributed by atoms with Crippen molar-refractivity contribution >= 4 is 11.6 Å². The van der Waals surface area contributed by atoms with E-state index in [9.17, 15) is 14.7 Å². The molecule has 0 radical (unpaired) electrons. The molecule has 2 aromatic rings. The predicted molar refractivity (Wildman–Crippen MR) is 113 cm³/mol. The average molecular weight is 418 g/mol. The Balaban J connectivity index is 1.55. The van der Waals surface area contributed by atoms with Gasteiger partial charge < -0.3 is 14.6 Å². The zero-order chi connectivity index (χ0) is 21.3. The highest BCUT2D eigenvalue weighted by atomic mass is 16.5. The van der Waals surface area contributed by atoms with E-state index in [-0.39, 0.29) is 11.6 Å².